The molecule has 2 aromatic heterocycles. The van der Waals surface area contributed by atoms with Gasteiger partial charge >= 0.3 is 0 Å². The number of ketones is 1. The summed E-state index contributed by atoms with van der Waals surface area (Å²) in [7, 11) is 0. The van der Waals surface area contributed by atoms with Gasteiger partial charge in [-0.1, -0.05) is 0 Å². The van der Waals surface area contributed by atoms with Gasteiger partial charge in [-0.3, -0.25) is 9.89 Å². The van der Waals surface area contributed by atoms with Crippen molar-refractivity contribution in [2.24, 2.45) is 5.92 Å². The minimum Gasteiger partial charge on any atom is -0.306 e. The SMILES string of the molecule is O=C(c1ccn(-c2cc(C3CC3)[nH]n2)c1)C1CC1. The molecule has 2 aliphatic carbocycles. The highest BCUT2D eigenvalue weighted by Gasteiger charge is 2.31. The Labute approximate surface area is 105 Å². The maximum absolute atomic E-state index is 11.9. The average molecular weight is 241 g/mol. The van der Waals surface area contributed by atoms with E-state index in [0.717, 1.165) is 24.2 Å². The minimum absolute atomic E-state index is 0.280. The Morgan fingerprint density at radius 1 is 1.33 bits per heavy atom. The van der Waals surface area contributed by atoms with Crippen LogP contribution in [0.2, 0.25) is 0 Å². The largest absolute Gasteiger partial charge is 0.306 e. The molecular formula is C14H15N3O. The van der Waals surface area contributed by atoms with Gasteiger partial charge in [0.1, 0.15) is 0 Å². The highest BCUT2D eigenvalue weighted by Crippen LogP contribution is 2.39. The highest BCUT2D eigenvalue weighted by atomic mass is 16.1. The second-order valence-corrected chi connectivity index (χ2v) is 5.40. The van der Waals surface area contributed by atoms with Gasteiger partial charge in [-0.15, -0.1) is 0 Å². The molecule has 0 radical (unpaired) electrons. The maximum Gasteiger partial charge on any atom is 0.167 e. The number of H-pyrrole nitrogens is 1. The molecule has 0 saturated heterocycles. The van der Waals surface area contributed by atoms with E-state index >= 15 is 0 Å². The van der Waals surface area contributed by atoms with Crippen LogP contribution in [0.4, 0.5) is 0 Å². The summed E-state index contributed by atoms with van der Waals surface area (Å²) in [6.07, 6.45) is 8.45. The van der Waals surface area contributed by atoms with Gasteiger partial charge in [0.25, 0.3) is 0 Å². The van der Waals surface area contributed by atoms with Crippen molar-refractivity contribution in [3.63, 3.8) is 0 Å². The Hall–Kier alpha value is -1.84. The van der Waals surface area contributed by atoms with Crippen LogP contribution in [0.1, 0.15) is 47.7 Å². The average Bonchev–Trinajstić information content (AvgIpc) is 3.30. The molecule has 4 rings (SSSR count). The van der Waals surface area contributed by atoms with Crippen molar-refractivity contribution in [3.8, 4) is 5.82 Å². The third kappa shape index (κ3) is 1.68. The van der Waals surface area contributed by atoms with E-state index in [0.29, 0.717) is 5.92 Å². The topological polar surface area (TPSA) is 50.7 Å². The molecule has 0 bridgehead atoms. The first-order valence-electron chi connectivity index (χ1n) is 6.59. The second kappa shape index (κ2) is 3.57. The minimum atomic E-state index is 0.280. The van der Waals surface area contributed by atoms with E-state index < -0.39 is 0 Å². The Morgan fingerprint density at radius 2 is 2.17 bits per heavy atom. The Balaban J connectivity index is 1.61. The van der Waals surface area contributed by atoms with Crippen molar-refractivity contribution < 1.29 is 4.79 Å². The molecule has 0 unspecified atom stereocenters. The number of carbonyl (C=O) groups is 1. The molecule has 0 aliphatic heterocycles. The number of hydrogen-bond donors (Lipinski definition) is 1. The zero-order chi connectivity index (χ0) is 12.1. The Morgan fingerprint density at radius 3 is 2.89 bits per heavy atom. The second-order valence-electron chi connectivity index (χ2n) is 5.40. The van der Waals surface area contributed by atoms with E-state index in [1.807, 2.05) is 23.0 Å². The van der Waals surface area contributed by atoms with E-state index in [-0.39, 0.29) is 11.7 Å². The van der Waals surface area contributed by atoms with Crippen LogP contribution in [0.5, 0.6) is 0 Å². The van der Waals surface area contributed by atoms with Gasteiger partial charge in [-0.2, -0.15) is 5.10 Å². The summed E-state index contributed by atoms with van der Waals surface area (Å²) < 4.78 is 1.93. The first-order chi connectivity index (χ1) is 8.81. The quantitative estimate of drug-likeness (QED) is 0.837. The van der Waals surface area contributed by atoms with Crippen LogP contribution in [0.15, 0.2) is 24.5 Å². The molecule has 4 nitrogen and oxygen atoms in total. The standard InChI is InChI=1S/C14H15N3O/c18-14(10-3-4-10)11-5-6-17(8-11)13-7-12(15-16-13)9-1-2-9/h5-10H,1-4H2,(H,15,16). The molecule has 0 atom stereocenters. The van der Waals surface area contributed by atoms with Crippen molar-refractivity contribution in [3.05, 3.63) is 35.8 Å². The third-order valence-corrected chi connectivity index (χ3v) is 3.79. The fourth-order valence-corrected chi connectivity index (χ4v) is 2.33. The maximum atomic E-state index is 11.9. The molecule has 2 heterocycles. The van der Waals surface area contributed by atoms with Crippen LogP contribution in [0.25, 0.3) is 5.82 Å². The zero-order valence-electron chi connectivity index (χ0n) is 10.1. The molecule has 0 spiro atoms. The number of Topliss-reactive ketones (excluding diaryl/α,β-unsaturated/α-hetero) is 1. The first-order valence-corrected chi connectivity index (χ1v) is 6.59. The van der Waals surface area contributed by atoms with Crippen LogP contribution in [0.3, 0.4) is 0 Å². The third-order valence-electron chi connectivity index (χ3n) is 3.79. The molecule has 92 valence electrons. The summed E-state index contributed by atoms with van der Waals surface area (Å²) in [4.78, 5) is 11.9. The predicted octanol–water partition coefficient (Wildman–Crippen LogP) is 2.67. The molecule has 18 heavy (non-hydrogen) atoms. The monoisotopic (exact) mass is 241 g/mol. The molecule has 2 saturated carbocycles. The number of nitrogens with zero attached hydrogens (tertiary/aromatic N) is 2. The van der Waals surface area contributed by atoms with Crippen LogP contribution >= 0.6 is 0 Å². The van der Waals surface area contributed by atoms with Crippen molar-refractivity contribution in [2.75, 3.05) is 0 Å². The molecule has 1 N–H and O–H groups in total. The number of carbonyl (C=O) groups excluding carboxylic acids is 1. The van der Waals surface area contributed by atoms with Crippen LogP contribution in [-0.4, -0.2) is 20.5 Å². The Kier molecular flexibility index (Phi) is 2.01. The van der Waals surface area contributed by atoms with E-state index in [4.69, 9.17) is 0 Å². The molecule has 2 fully saturated rings. The summed E-state index contributed by atoms with van der Waals surface area (Å²) in [6.45, 7) is 0. The molecule has 2 aromatic rings. The summed E-state index contributed by atoms with van der Waals surface area (Å²) >= 11 is 0. The van der Waals surface area contributed by atoms with Crippen LogP contribution in [0, 0.1) is 5.92 Å². The molecular weight excluding hydrogens is 226 g/mol. The summed E-state index contributed by atoms with van der Waals surface area (Å²) in [6, 6.07) is 3.98. The molecule has 0 amide bonds. The lowest BCUT2D eigenvalue weighted by atomic mass is 10.1. The van der Waals surface area contributed by atoms with Gasteiger partial charge < -0.3 is 4.57 Å². The lowest BCUT2D eigenvalue weighted by molar-refractivity contribution is 0.0967. The van der Waals surface area contributed by atoms with Crippen molar-refractivity contribution in [2.45, 2.75) is 31.6 Å². The van der Waals surface area contributed by atoms with Crippen LogP contribution < -0.4 is 0 Å². The van der Waals surface area contributed by atoms with Gasteiger partial charge in [-0.05, 0) is 31.7 Å². The lowest BCUT2D eigenvalue weighted by Gasteiger charge is -1.95. The summed E-state index contributed by atoms with van der Waals surface area (Å²) in [5.41, 5.74) is 2.03. The first kappa shape index (κ1) is 10.1. The summed E-state index contributed by atoms with van der Waals surface area (Å²) in [5, 5.41) is 7.39. The fraction of sp³-hybridized carbons (Fsp3) is 0.429. The van der Waals surface area contributed by atoms with Crippen LogP contribution in [-0.2, 0) is 0 Å². The fourth-order valence-electron chi connectivity index (χ4n) is 2.33. The number of aromatic amines is 1. The number of aromatic nitrogens is 3. The van der Waals surface area contributed by atoms with E-state index in [1.54, 1.807) is 0 Å². The molecule has 4 heteroatoms. The van der Waals surface area contributed by atoms with Crippen molar-refractivity contribution in [1.82, 2.24) is 14.8 Å². The van der Waals surface area contributed by atoms with E-state index in [9.17, 15) is 4.79 Å². The normalized spacial score (nSPS) is 19.1. The zero-order valence-corrected chi connectivity index (χ0v) is 10.1. The van der Waals surface area contributed by atoms with Gasteiger partial charge in [0.2, 0.25) is 0 Å². The molecule has 2 aliphatic rings. The predicted molar refractivity (Wildman–Crippen MR) is 66.9 cm³/mol. The van der Waals surface area contributed by atoms with Gasteiger partial charge in [0.15, 0.2) is 11.6 Å². The van der Waals surface area contributed by atoms with E-state index in [1.165, 1.54) is 18.5 Å². The van der Waals surface area contributed by atoms with E-state index in [2.05, 4.69) is 16.3 Å². The lowest BCUT2D eigenvalue weighted by Crippen LogP contribution is -1.99. The number of hydrogen-bond acceptors (Lipinski definition) is 2. The van der Waals surface area contributed by atoms with Crippen molar-refractivity contribution in [1.29, 1.82) is 0 Å². The molecule has 0 aromatic carbocycles. The number of nitrogens with one attached hydrogen (secondary N) is 1. The van der Waals surface area contributed by atoms with Gasteiger partial charge in [-0.25, -0.2) is 0 Å². The Bertz CT molecular complexity index is 602. The van der Waals surface area contributed by atoms with Gasteiger partial charge in [0.05, 0.1) is 0 Å². The highest BCUT2D eigenvalue weighted by molar-refractivity contribution is 5.99. The summed E-state index contributed by atoms with van der Waals surface area (Å²) in [5.74, 6) is 2.12. The van der Waals surface area contributed by atoms with Gasteiger partial charge in [0, 0.05) is 41.6 Å². The van der Waals surface area contributed by atoms with Crippen molar-refractivity contribution >= 4 is 5.78 Å². The number of rotatable bonds is 4. The smallest absolute Gasteiger partial charge is 0.167 e.